The fraction of sp³-hybridized carbons (Fsp3) is 0.294. The molecule has 1 nitrogen and oxygen atoms in total. The van der Waals surface area contributed by atoms with Gasteiger partial charge in [0, 0.05) is 17.1 Å². The zero-order chi connectivity index (χ0) is 13.8. The molecule has 100 valence electrons. The molecule has 1 N–H and O–H groups in total. The number of hydrogen-bond donors (Lipinski definition) is 1. The summed E-state index contributed by atoms with van der Waals surface area (Å²) in [7, 11) is 0. The molecule has 2 rings (SSSR count). The molecule has 0 saturated carbocycles. The molecule has 1 atom stereocenters. The molecule has 0 saturated heterocycles. The van der Waals surface area contributed by atoms with Crippen LogP contribution in [0.3, 0.4) is 0 Å². The molecule has 0 radical (unpaired) electrons. The van der Waals surface area contributed by atoms with E-state index in [0.717, 1.165) is 11.0 Å². The second-order valence-corrected chi connectivity index (χ2v) is 6.00. The molecule has 0 aromatic heterocycles. The van der Waals surface area contributed by atoms with Gasteiger partial charge in [0.25, 0.3) is 0 Å². The zero-order valence-corrected chi connectivity index (χ0v) is 13.3. The van der Waals surface area contributed by atoms with E-state index in [-0.39, 0.29) is 0 Å². The lowest BCUT2D eigenvalue weighted by molar-refractivity contribution is 0.573. The monoisotopic (exact) mass is 317 g/mol. The van der Waals surface area contributed by atoms with Crippen molar-refractivity contribution < 1.29 is 0 Å². The van der Waals surface area contributed by atoms with Crippen molar-refractivity contribution >= 4 is 15.9 Å². The second kappa shape index (κ2) is 6.36. The fourth-order valence-electron chi connectivity index (χ4n) is 2.18. The molecule has 2 aromatic rings. The third kappa shape index (κ3) is 3.92. The smallest absolute Gasteiger partial charge is 0.0294 e. The van der Waals surface area contributed by atoms with Crippen LogP contribution in [0.4, 0.5) is 0 Å². The van der Waals surface area contributed by atoms with Crippen LogP contribution in [0.15, 0.2) is 46.9 Å². The normalized spacial score (nSPS) is 12.4. The molecular formula is C17H20BrN. The third-order valence-electron chi connectivity index (χ3n) is 3.47. The first-order valence-electron chi connectivity index (χ1n) is 6.61. The minimum absolute atomic E-state index is 0.355. The van der Waals surface area contributed by atoms with Crippen molar-refractivity contribution in [3.8, 4) is 0 Å². The van der Waals surface area contributed by atoms with Crippen LogP contribution in [0.1, 0.15) is 35.2 Å². The van der Waals surface area contributed by atoms with Gasteiger partial charge in [-0.05, 0) is 49.6 Å². The lowest BCUT2D eigenvalue weighted by atomic mass is 10.0. The van der Waals surface area contributed by atoms with E-state index in [1.807, 2.05) is 0 Å². The minimum atomic E-state index is 0.355. The van der Waals surface area contributed by atoms with Crippen molar-refractivity contribution in [1.82, 2.24) is 5.32 Å². The van der Waals surface area contributed by atoms with Crippen LogP contribution in [0, 0.1) is 13.8 Å². The Morgan fingerprint density at radius 3 is 2.37 bits per heavy atom. The van der Waals surface area contributed by atoms with E-state index in [9.17, 15) is 0 Å². The maximum Gasteiger partial charge on any atom is 0.0294 e. The van der Waals surface area contributed by atoms with E-state index in [1.165, 1.54) is 22.3 Å². The van der Waals surface area contributed by atoms with Crippen LogP contribution in [0.5, 0.6) is 0 Å². The van der Waals surface area contributed by atoms with Crippen molar-refractivity contribution in [2.24, 2.45) is 0 Å². The van der Waals surface area contributed by atoms with Gasteiger partial charge in [0.2, 0.25) is 0 Å². The predicted octanol–water partition coefficient (Wildman–Crippen LogP) is 4.92. The second-order valence-electron chi connectivity index (χ2n) is 5.08. The number of nitrogens with one attached hydrogen (secondary N) is 1. The quantitative estimate of drug-likeness (QED) is 0.844. The molecule has 2 heteroatoms. The van der Waals surface area contributed by atoms with E-state index in [4.69, 9.17) is 0 Å². The largest absolute Gasteiger partial charge is 0.306 e. The van der Waals surface area contributed by atoms with Crippen LogP contribution in [-0.4, -0.2) is 0 Å². The van der Waals surface area contributed by atoms with Crippen molar-refractivity contribution in [2.75, 3.05) is 0 Å². The summed E-state index contributed by atoms with van der Waals surface area (Å²) in [6.07, 6.45) is 0. The molecule has 19 heavy (non-hydrogen) atoms. The van der Waals surface area contributed by atoms with E-state index >= 15 is 0 Å². The Balaban J connectivity index is 2.00. The summed E-state index contributed by atoms with van der Waals surface area (Å²) in [5, 5.41) is 3.58. The van der Waals surface area contributed by atoms with Gasteiger partial charge in [0.05, 0.1) is 0 Å². The molecular weight excluding hydrogens is 298 g/mol. The van der Waals surface area contributed by atoms with E-state index in [1.54, 1.807) is 0 Å². The van der Waals surface area contributed by atoms with Crippen LogP contribution in [-0.2, 0) is 6.54 Å². The molecule has 0 spiro atoms. The van der Waals surface area contributed by atoms with Gasteiger partial charge in [0.1, 0.15) is 0 Å². The SMILES string of the molecule is Cc1ccc(CN[C@@H](C)c2ccc(Br)cc2)c(C)c1. The molecule has 0 unspecified atom stereocenters. The molecule has 0 amide bonds. The molecule has 0 fully saturated rings. The molecule has 0 bridgehead atoms. The zero-order valence-electron chi connectivity index (χ0n) is 11.7. The minimum Gasteiger partial charge on any atom is -0.306 e. The highest BCUT2D eigenvalue weighted by Gasteiger charge is 2.05. The molecule has 2 aromatic carbocycles. The van der Waals surface area contributed by atoms with Gasteiger partial charge >= 0.3 is 0 Å². The van der Waals surface area contributed by atoms with Crippen LogP contribution in [0.25, 0.3) is 0 Å². The van der Waals surface area contributed by atoms with Crippen molar-refractivity contribution in [1.29, 1.82) is 0 Å². The van der Waals surface area contributed by atoms with E-state index < -0.39 is 0 Å². The Morgan fingerprint density at radius 1 is 1.05 bits per heavy atom. The Morgan fingerprint density at radius 2 is 1.74 bits per heavy atom. The van der Waals surface area contributed by atoms with Gasteiger partial charge in [-0.1, -0.05) is 51.8 Å². The summed E-state index contributed by atoms with van der Waals surface area (Å²) >= 11 is 3.47. The first-order valence-corrected chi connectivity index (χ1v) is 7.40. The number of hydrogen-bond acceptors (Lipinski definition) is 1. The summed E-state index contributed by atoms with van der Waals surface area (Å²) < 4.78 is 1.12. The van der Waals surface area contributed by atoms with Gasteiger partial charge < -0.3 is 5.32 Å². The van der Waals surface area contributed by atoms with Gasteiger partial charge in [-0.3, -0.25) is 0 Å². The van der Waals surface area contributed by atoms with Crippen molar-refractivity contribution in [3.05, 3.63) is 69.2 Å². The fourth-order valence-corrected chi connectivity index (χ4v) is 2.44. The van der Waals surface area contributed by atoms with E-state index in [0.29, 0.717) is 6.04 Å². The number of benzene rings is 2. The maximum atomic E-state index is 3.58. The molecule has 0 heterocycles. The maximum absolute atomic E-state index is 3.58. The average Bonchev–Trinajstić information content (AvgIpc) is 2.38. The summed E-state index contributed by atoms with van der Waals surface area (Å²) in [4.78, 5) is 0. The molecule has 0 aliphatic carbocycles. The number of halogens is 1. The summed E-state index contributed by atoms with van der Waals surface area (Å²) in [5.74, 6) is 0. The van der Waals surface area contributed by atoms with Gasteiger partial charge in [0.15, 0.2) is 0 Å². The summed E-state index contributed by atoms with van der Waals surface area (Å²) in [5.41, 5.74) is 5.36. The van der Waals surface area contributed by atoms with Gasteiger partial charge in [-0.25, -0.2) is 0 Å². The summed E-state index contributed by atoms with van der Waals surface area (Å²) in [6, 6.07) is 15.5. The highest BCUT2D eigenvalue weighted by molar-refractivity contribution is 9.10. The highest BCUT2D eigenvalue weighted by atomic mass is 79.9. The van der Waals surface area contributed by atoms with Gasteiger partial charge in [-0.15, -0.1) is 0 Å². The van der Waals surface area contributed by atoms with Crippen molar-refractivity contribution in [2.45, 2.75) is 33.4 Å². The lowest BCUT2D eigenvalue weighted by Crippen LogP contribution is -2.18. The average molecular weight is 318 g/mol. The van der Waals surface area contributed by atoms with Crippen LogP contribution < -0.4 is 5.32 Å². The Bertz CT molecular complexity index is 546. The summed E-state index contributed by atoms with van der Waals surface area (Å²) in [6.45, 7) is 7.42. The Labute approximate surface area is 124 Å². The van der Waals surface area contributed by atoms with Gasteiger partial charge in [-0.2, -0.15) is 0 Å². The number of aryl methyl sites for hydroxylation is 2. The standard InChI is InChI=1S/C17H20BrN/c1-12-4-5-16(13(2)10-12)11-19-14(3)15-6-8-17(18)9-7-15/h4-10,14,19H,11H2,1-3H3/t14-/m0/s1. The van der Waals surface area contributed by atoms with Crippen LogP contribution >= 0.6 is 15.9 Å². The van der Waals surface area contributed by atoms with Crippen LogP contribution in [0.2, 0.25) is 0 Å². The lowest BCUT2D eigenvalue weighted by Gasteiger charge is -2.16. The third-order valence-corrected chi connectivity index (χ3v) is 4.00. The van der Waals surface area contributed by atoms with Crippen molar-refractivity contribution in [3.63, 3.8) is 0 Å². The first kappa shape index (κ1) is 14.3. The Hall–Kier alpha value is -1.12. The Kier molecular flexibility index (Phi) is 4.78. The highest BCUT2D eigenvalue weighted by Crippen LogP contribution is 2.18. The molecule has 0 aliphatic rings. The molecule has 0 aliphatic heterocycles. The van der Waals surface area contributed by atoms with E-state index in [2.05, 4.69) is 84.5 Å². The predicted molar refractivity (Wildman–Crippen MR) is 85.3 cm³/mol. The topological polar surface area (TPSA) is 12.0 Å². The number of rotatable bonds is 4. The first-order chi connectivity index (χ1) is 9.06.